The van der Waals surface area contributed by atoms with E-state index in [0.717, 1.165) is 30.2 Å². The fourth-order valence-electron chi connectivity index (χ4n) is 3.25. The summed E-state index contributed by atoms with van der Waals surface area (Å²) >= 11 is 0. The van der Waals surface area contributed by atoms with Crippen molar-refractivity contribution in [2.45, 2.75) is 37.1 Å². The number of nitrogens with one attached hydrogen (secondary N) is 1. The molecule has 2 heterocycles. The van der Waals surface area contributed by atoms with Gasteiger partial charge in [0.25, 0.3) is 0 Å². The van der Waals surface area contributed by atoms with Crippen molar-refractivity contribution < 1.29 is 21.6 Å². The third-order valence-corrected chi connectivity index (χ3v) is 7.92. The van der Waals surface area contributed by atoms with Gasteiger partial charge in [0.15, 0.2) is 0 Å². The zero-order chi connectivity index (χ0) is 18.9. The Hall–Kier alpha value is -1.49. The molecule has 2 aliphatic rings. The standard InChI is InChI=1S/C16H23N3O5S2/c1-13(18-9-2-3-10-18)12-17-26(23,24)15-6-4-14(5-7-15)19-16(20)8-11-25(19,21)22/h4-7,13,17H,2-3,8-12H2,1H3/t13-/m0/s1. The van der Waals surface area contributed by atoms with Gasteiger partial charge < -0.3 is 0 Å². The van der Waals surface area contributed by atoms with Crippen molar-refractivity contribution in [3.05, 3.63) is 24.3 Å². The molecule has 1 aromatic rings. The topological polar surface area (TPSA) is 104 Å². The number of hydrogen-bond donors (Lipinski definition) is 1. The molecule has 1 N–H and O–H groups in total. The molecule has 3 rings (SSSR count). The minimum atomic E-state index is -3.70. The Balaban J connectivity index is 1.70. The zero-order valence-electron chi connectivity index (χ0n) is 14.6. The van der Waals surface area contributed by atoms with Crippen LogP contribution in [0.25, 0.3) is 0 Å². The number of nitrogens with zero attached hydrogens (tertiary/aromatic N) is 2. The van der Waals surface area contributed by atoms with E-state index in [-0.39, 0.29) is 28.8 Å². The average Bonchev–Trinajstić information content (AvgIpc) is 3.21. The molecule has 144 valence electrons. The Morgan fingerprint density at radius 3 is 2.31 bits per heavy atom. The first-order valence-corrected chi connectivity index (χ1v) is 11.7. The van der Waals surface area contributed by atoms with Crippen LogP contribution in [0.1, 0.15) is 26.2 Å². The van der Waals surface area contributed by atoms with Crippen LogP contribution in [0.2, 0.25) is 0 Å². The number of amides is 1. The SMILES string of the molecule is C[C@@H](CNS(=O)(=O)c1ccc(N2C(=O)CCS2(=O)=O)cc1)N1CCCC1. The summed E-state index contributed by atoms with van der Waals surface area (Å²) in [5.41, 5.74) is 0.164. The molecule has 0 radical (unpaired) electrons. The molecule has 1 atom stereocenters. The van der Waals surface area contributed by atoms with E-state index < -0.39 is 26.0 Å². The molecule has 0 aromatic heterocycles. The second-order valence-corrected chi connectivity index (χ2v) is 10.4. The van der Waals surface area contributed by atoms with Crippen molar-refractivity contribution in [2.75, 3.05) is 29.7 Å². The van der Waals surface area contributed by atoms with E-state index in [0.29, 0.717) is 6.54 Å². The van der Waals surface area contributed by atoms with Crippen LogP contribution in [0.5, 0.6) is 0 Å². The van der Waals surface area contributed by atoms with Gasteiger partial charge in [0.1, 0.15) is 0 Å². The van der Waals surface area contributed by atoms with Crippen LogP contribution in [0.4, 0.5) is 5.69 Å². The summed E-state index contributed by atoms with van der Waals surface area (Å²) in [5.74, 6) is -0.722. The highest BCUT2D eigenvalue weighted by Gasteiger charge is 2.36. The third-order valence-electron chi connectivity index (χ3n) is 4.79. The fraction of sp³-hybridized carbons (Fsp3) is 0.562. The maximum Gasteiger partial charge on any atom is 0.242 e. The molecule has 1 amide bonds. The Kier molecular flexibility index (Phi) is 5.38. The second kappa shape index (κ2) is 7.26. The van der Waals surface area contributed by atoms with Gasteiger partial charge in [-0.15, -0.1) is 0 Å². The molecule has 0 bridgehead atoms. The number of sulfonamides is 2. The van der Waals surface area contributed by atoms with Crippen LogP contribution >= 0.6 is 0 Å². The zero-order valence-corrected chi connectivity index (χ0v) is 16.2. The van der Waals surface area contributed by atoms with Crippen LogP contribution in [0.15, 0.2) is 29.2 Å². The quantitative estimate of drug-likeness (QED) is 0.745. The van der Waals surface area contributed by atoms with Gasteiger partial charge >= 0.3 is 0 Å². The molecule has 0 spiro atoms. The predicted octanol–water partition coefficient (Wildman–Crippen LogP) is 0.516. The number of benzene rings is 1. The first-order chi connectivity index (χ1) is 12.2. The Morgan fingerprint density at radius 2 is 1.77 bits per heavy atom. The van der Waals surface area contributed by atoms with Crippen LogP contribution < -0.4 is 9.03 Å². The predicted molar refractivity (Wildman–Crippen MR) is 97.8 cm³/mol. The minimum Gasteiger partial charge on any atom is -0.299 e. The van der Waals surface area contributed by atoms with Gasteiger partial charge in [-0.1, -0.05) is 0 Å². The first kappa shape index (κ1) is 19.3. The smallest absolute Gasteiger partial charge is 0.242 e. The van der Waals surface area contributed by atoms with Gasteiger partial charge in [0, 0.05) is 19.0 Å². The lowest BCUT2D eigenvalue weighted by Crippen LogP contribution is -2.40. The lowest BCUT2D eigenvalue weighted by Gasteiger charge is -2.23. The summed E-state index contributed by atoms with van der Waals surface area (Å²) in [4.78, 5) is 14.1. The highest BCUT2D eigenvalue weighted by atomic mass is 32.2. The molecule has 26 heavy (non-hydrogen) atoms. The Morgan fingerprint density at radius 1 is 1.15 bits per heavy atom. The molecule has 0 unspecified atom stereocenters. The van der Waals surface area contributed by atoms with Gasteiger partial charge in [-0.25, -0.2) is 25.9 Å². The van der Waals surface area contributed by atoms with E-state index >= 15 is 0 Å². The van der Waals surface area contributed by atoms with Crippen molar-refractivity contribution in [3.63, 3.8) is 0 Å². The number of carbonyl (C=O) groups is 1. The summed E-state index contributed by atoms with van der Waals surface area (Å²) in [7, 11) is -7.35. The van der Waals surface area contributed by atoms with Crippen LogP contribution in [0, 0.1) is 0 Å². The molecule has 0 saturated carbocycles. The van der Waals surface area contributed by atoms with Gasteiger partial charge in [-0.05, 0) is 57.1 Å². The molecule has 8 nitrogen and oxygen atoms in total. The molecular weight excluding hydrogens is 378 g/mol. The van der Waals surface area contributed by atoms with Crippen molar-refractivity contribution >= 4 is 31.6 Å². The number of likely N-dealkylation sites (tertiary alicyclic amines) is 1. The van der Waals surface area contributed by atoms with Gasteiger partial charge in [-0.2, -0.15) is 0 Å². The van der Waals surface area contributed by atoms with E-state index in [2.05, 4.69) is 9.62 Å². The highest BCUT2D eigenvalue weighted by molar-refractivity contribution is 7.94. The summed E-state index contributed by atoms with van der Waals surface area (Å²) in [5, 5.41) is 0. The number of anilines is 1. The number of rotatable bonds is 6. The van der Waals surface area contributed by atoms with E-state index in [9.17, 15) is 21.6 Å². The van der Waals surface area contributed by atoms with Crippen molar-refractivity contribution in [1.82, 2.24) is 9.62 Å². The van der Waals surface area contributed by atoms with E-state index in [4.69, 9.17) is 0 Å². The molecule has 0 aliphatic carbocycles. The summed E-state index contributed by atoms with van der Waals surface area (Å²) in [6.07, 6.45) is 2.21. The van der Waals surface area contributed by atoms with Crippen LogP contribution in [0.3, 0.4) is 0 Å². The molecule has 2 fully saturated rings. The number of carbonyl (C=O) groups excluding carboxylic acids is 1. The number of hydrogen-bond acceptors (Lipinski definition) is 6. The van der Waals surface area contributed by atoms with E-state index in [1.165, 1.54) is 24.3 Å². The highest BCUT2D eigenvalue weighted by Crippen LogP contribution is 2.26. The monoisotopic (exact) mass is 401 g/mol. The first-order valence-electron chi connectivity index (χ1n) is 8.60. The lowest BCUT2D eigenvalue weighted by molar-refractivity contribution is -0.116. The molecule has 2 aliphatic heterocycles. The average molecular weight is 402 g/mol. The van der Waals surface area contributed by atoms with Crippen molar-refractivity contribution in [2.24, 2.45) is 0 Å². The molecule has 10 heteroatoms. The Labute approximate surface area is 154 Å². The molecule has 1 aromatic carbocycles. The van der Waals surface area contributed by atoms with Crippen molar-refractivity contribution in [3.8, 4) is 0 Å². The Bertz CT molecular complexity index is 875. The van der Waals surface area contributed by atoms with Crippen LogP contribution in [-0.2, 0) is 24.8 Å². The van der Waals surface area contributed by atoms with Gasteiger partial charge in [-0.3, -0.25) is 9.69 Å². The van der Waals surface area contributed by atoms with Gasteiger partial charge in [0.05, 0.1) is 16.3 Å². The fourth-order valence-corrected chi connectivity index (χ4v) is 5.84. The normalized spacial score (nSPS) is 22.0. The largest absolute Gasteiger partial charge is 0.299 e. The summed E-state index contributed by atoms with van der Waals surface area (Å²) in [6, 6.07) is 5.44. The maximum absolute atomic E-state index is 12.4. The lowest BCUT2D eigenvalue weighted by atomic mass is 10.3. The van der Waals surface area contributed by atoms with Crippen LogP contribution in [-0.4, -0.2) is 59.1 Å². The van der Waals surface area contributed by atoms with Crippen molar-refractivity contribution in [1.29, 1.82) is 0 Å². The molecular formula is C16H23N3O5S2. The summed E-state index contributed by atoms with van der Waals surface area (Å²) < 4.78 is 52.1. The van der Waals surface area contributed by atoms with Gasteiger partial charge in [0.2, 0.25) is 26.0 Å². The van der Waals surface area contributed by atoms with E-state index in [1.54, 1.807) is 0 Å². The second-order valence-electron chi connectivity index (χ2n) is 6.66. The summed E-state index contributed by atoms with van der Waals surface area (Å²) in [6.45, 7) is 4.26. The maximum atomic E-state index is 12.4. The minimum absolute atomic E-state index is 0.0407. The molecule has 2 saturated heterocycles. The third kappa shape index (κ3) is 3.93. The van der Waals surface area contributed by atoms with E-state index in [1.807, 2.05) is 6.92 Å².